The highest BCUT2D eigenvalue weighted by atomic mass is 79.9. The number of hydrogen-bond donors (Lipinski definition) is 0. The van der Waals surface area contributed by atoms with Gasteiger partial charge >= 0.3 is 0 Å². The van der Waals surface area contributed by atoms with Gasteiger partial charge in [-0.3, -0.25) is 9.78 Å². The molecule has 0 amide bonds. The third-order valence-corrected chi connectivity index (χ3v) is 1.84. The Morgan fingerprint density at radius 3 is 2.82 bits per heavy atom. The first kappa shape index (κ1) is 8.68. The predicted molar refractivity (Wildman–Crippen MR) is 46.9 cm³/mol. The van der Waals surface area contributed by atoms with Crippen molar-refractivity contribution in [1.82, 2.24) is 4.98 Å². The molecule has 0 bridgehead atoms. The second-order valence-corrected chi connectivity index (χ2v) is 3.35. The average molecular weight is 234 g/mol. The van der Waals surface area contributed by atoms with E-state index in [0.717, 1.165) is 10.0 Å². The van der Waals surface area contributed by atoms with E-state index >= 15 is 0 Å². The number of hydrogen-bond acceptors (Lipinski definition) is 2. The molecule has 4 heteroatoms. The van der Waals surface area contributed by atoms with Gasteiger partial charge in [-0.15, -0.1) is 0 Å². The minimum Gasteiger partial charge on any atom is -0.274 e. The van der Waals surface area contributed by atoms with Crippen molar-refractivity contribution >= 4 is 32.8 Å². The molecule has 11 heavy (non-hydrogen) atoms. The van der Waals surface area contributed by atoms with Gasteiger partial charge in [0.15, 0.2) is 0 Å². The lowest BCUT2D eigenvalue weighted by Crippen LogP contribution is -1.96. The van der Waals surface area contributed by atoms with Crippen molar-refractivity contribution in [3.63, 3.8) is 0 Å². The fourth-order valence-corrected chi connectivity index (χ4v) is 1.39. The zero-order chi connectivity index (χ0) is 8.43. The number of aromatic nitrogens is 1. The zero-order valence-electron chi connectivity index (χ0n) is 5.77. The first-order valence-corrected chi connectivity index (χ1v) is 4.10. The largest absolute Gasteiger partial charge is 0.274 e. The van der Waals surface area contributed by atoms with Gasteiger partial charge in [-0.25, -0.2) is 0 Å². The molecule has 0 aliphatic heterocycles. The minimum atomic E-state index is -0.519. The molecule has 1 aromatic heterocycles. The van der Waals surface area contributed by atoms with Gasteiger partial charge in [-0.1, -0.05) is 0 Å². The van der Waals surface area contributed by atoms with Crippen molar-refractivity contribution in [2.45, 2.75) is 6.92 Å². The molecular formula is C7H5BrClNO. The van der Waals surface area contributed by atoms with Crippen LogP contribution in [0.15, 0.2) is 16.7 Å². The molecule has 0 fully saturated rings. The standard InChI is InChI=1S/C7H5BrClNO/c1-4-2-5(8)3-10-6(4)7(9)11/h2-3H,1H3. The lowest BCUT2D eigenvalue weighted by Gasteiger charge is -1.97. The molecule has 1 rings (SSSR count). The number of pyridine rings is 1. The van der Waals surface area contributed by atoms with Gasteiger partial charge in [0.05, 0.1) is 0 Å². The fourth-order valence-electron chi connectivity index (χ4n) is 0.746. The highest BCUT2D eigenvalue weighted by Crippen LogP contribution is 2.13. The molecule has 1 heterocycles. The van der Waals surface area contributed by atoms with Crippen LogP contribution >= 0.6 is 27.5 Å². The van der Waals surface area contributed by atoms with Gasteiger partial charge in [0.25, 0.3) is 5.24 Å². The van der Waals surface area contributed by atoms with Crippen LogP contribution < -0.4 is 0 Å². The molecule has 0 radical (unpaired) electrons. The number of aryl methyl sites for hydroxylation is 1. The van der Waals surface area contributed by atoms with Crippen molar-refractivity contribution in [3.05, 3.63) is 28.0 Å². The Morgan fingerprint density at radius 1 is 1.73 bits per heavy atom. The topological polar surface area (TPSA) is 30.0 Å². The maximum absolute atomic E-state index is 10.7. The molecule has 0 aliphatic rings. The maximum Gasteiger partial charge on any atom is 0.271 e. The van der Waals surface area contributed by atoms with Crippen LogP contribution in [-0.2, 0) is 0 Å². The zero-order valence-corrected chi connectivity index (χ0v) is 8.11. The van der Waals surface area contributed by atoms with Crippen LogP contribution in [0.5, 0.6) is 0 Å². The maximum atomic E-state index is 10.7. The van der Waals surface area contributed by atoms with Crippen molar-refractivity contribution in [1.29, 1.82) is 0 Å². The van der Waals surface area contributed by atoms with Crippen LogP contribution in [0.4, 0.5) is 0 Å². The second kappa shape index (κ2) is 3.32. The molecule has 58 valence electrons. The monoisotopic (exact) mass is 233 g/mol. The van der Waals surface area contributed by atoms with E-state index < -0.39 is 5.24 Å². The summed E-state index contributed by atoms with van der Waals surface area (Å²) < 4.78 is 0.844. The van der Waals surface area contributed by atoms with Crippen LogP contribution in [0.3, 0.4) is 0 Å². The summed E-state index contributed by atoms with van der Waals surface area (Å²) in [5.74, 6) is 0. The summed E-state index contributed by atoms with van der Waals surface area (Å²) in [6.07, 6.45) is 1.54. The van der Waals surface area contributed by atoms with Crippen molar-refractivity contribution in [2.75, 3.05) is 0 Å². The number of nitrogens with zero attached hydrogens (tertiary/aromatic N) is 1. The summed E-state index contributed by atoms with van der Waals surface area (Å²) in [6, 6.07) is 1.79. The normalized spacial score (nSPS) is 9.73. The van der Waals surface area contributed by atoms with E-state index in [1.54, 1.807) is 19.2 Å². The predicted octanol–water partition coefficient (Wildman–Crippen LogP) is 2.53. The number of carbonyl (C=O) groups excluding carboxylic acids is 1. The third-order valence-electron chi connectivity index (χ3n) is 1.23. The van der Waals surface area contributed by atoms with Gasteiger partial charge in [0.1, 0.15) is 5.69 Å². The Hall–Kier alpha value is -0.410. The van der Waals surface area contributed by atoms with Crippen LogP contribution in [0.25, 0.3) is 0 Å². The molecule has 0 spiro atoms. The molecule has 0 atom stereocenters. The van der Waals surface area contributed by atoms with Crippen LogP contribution in [-0.4, -0.2) is 10.2 Å². The van der Waals surface area contributed by atoms with E-state index in [1.165, 1.54) is 0 Å². The molecule has 0 saturated heterocycles. The molecule has 0 saturated carbocycles. The highest BCUT2D eigenvalue weighted by molar-refractivity contribution is 9.10. The lowest BCUT2D eigenvalue weighted by molar-refractivity contribution is 0.107. The van der Waals surface area contributed by atoms with E-state index in [1.807, 2.05) is 0 Å². The molecule has 0 unspecified atom stereocenters. The highest BCUT2D eigenvalue weighted by Gasteiger charge is 2.06. The van der Waals surface area contributed by atoms with Crippen molar-refractivity contribution in [2.24, 2.45) is 0 Å². The molecule has 2 nitrogen and oxygen atoms in total. The molecule has 1 aromatic rings. The quantitative estimate of drug-likeness (QED) is 0.699. The summed E-state index contributed by atoms with van der Waals surface area (Å²) in [7, 11) is 0. The Morgan fingerprint density at radius 2 is 2.36 bits per heavy atom. The summed E-state index contributed by atoms with van der Waals surface area (Å²) in [4.78, 5) is 14.5. The van der Waals surface area contributed by atoms with Crippen LogP contribution in [0.2, 0.25) is 0 Å². The van der Waals surface area contributed by atoms with Gasteiger partial charge < -0.3 is 0 Å². The fraction of sp³-hybridized carbons (Fsp3) is 0.143. The van der Waals surface area contributed by atoms with E-state index in [2.05, 4.69) is 20.9 Å². The minimum absolute atomic E-state index is 0.315. The van der Waals surface area contributed by atoms with E-state index in [9.17, 15) is 4.79 Å². The SMILES string of the molecule is Cc1cc(Br)cnc1C(=O)Cl. The van der Waals surface area contributed by atoms with Gasteiger partial charge in [0, 0.05) is 10.7 Å². The summed E-state index contributed by atoms with van der Waals surface area (Å²) >= 11 is 8.47. The lowest BCUT2D eigenvalue weighted by atomic mass is 10.2. The van der Waals surface area contributed by atoms with E-state index in [-0.39, 0.29) is 0 Å². The molecule has 0 N–H and O–H groups in total. The van der Waals surface area contributed by atoms with Crippen LogP contribution in [0, 0.1) is 6.92 Å². The number of carbonyl (C=O) groups is 1. The van der Waals surface area contributed by atoms with Crippen LogP contribution in [0.1, 0.15) is 16.1 Å². The van der Waals surface area contributed by atoms with Crippen molar-refractivity contribution in [3.8, 4) is 0 Å². The van der Waals surface area contributed by atoms with E-state index in [4.69, 9.17) is 11.6 Å². The second-order valence-electron chi connectivity index (χ2n) is 2.09. The molecule has 0 aliphatic carbocycles. The summed E-state index contributed by atoms with van der Waals surface area (Å²) in [5, 5.41) is -0.519. The smallest absolute Gasteiger partial charge is 0.271 e. The molecular weight excluding hydrogens is 229 g/mol. The number of rotatable bonds is 1. The number of halogens is 2. The first-order chi connectivity index (χ1) is 5.11. The Labute approximate surface area is 77.7 Å². The Kier molecular flexibility index (Phi) is 2.62. The summed E-state index contributed by atoms with van der Waals surface area (Å²) in [6.45, 7) is 1.79. The van der Waals surface area contributed by atoms with Gasteiger partial charge in [0.2, 0.25) is 0 Å². The summed E-state index contributed by atoms with van der Waals surface area (Å²) in [5.41, 5.74) is 1.09. The van der Waals surface area contributed by atoms with Gasteiger partial charge in [-0.2, -0.15) is 0 Å². The first-order valence-electron chi connectivity index (χ1n) is 2.93. The van der Waals surface area contributed by atoms with Crippen molar-refractivity contribution < 1.29 is 4.79 Å². The average Bonchev–Trinajstić information content (AvgIpc) is 1.85. The van der Waals surface area contributed by atoms with Gasteiger partial charge in [-0.05, 0) is 46.1 Å². The third kappa shape index (κ3) is 2.01. The Bertz CT molecular complexity index is 300. The van der Waals surface area contributed by atoms with E-state index in [0.29, 0.717) is 5.69 Å². The molecule has 0 aromatic carbocycles. The Balaban J connectivity index is 3.20.